The molecule has 0 aliphatic heterocycles. The van der Waals surface area contributed by atoms with Crippen molar-refractivity contribution >= 4 is 11.2 Å². The maximum absolute atomic E-state index is 9.21. The first-order chi connectivity index (χ1) is 8.33. The minimum absolute atomic E-state index is 0.260. The predicted octanol–water partition coefficient (Wildman–Crippen LogP) is 1.58. The third kappa shape index (κ3) is 1.82. The summed E-state index contributed by atoms with van der Waals surface area (Å²) < 4.78 is 1.74. The summed E-state index contributed by atoms with van der Waals surface area (Å²) in [5, 5.41) is 17.3. The van der Waals surface area contributed by atoms with Gasteiger partial charge in [0.15, 0.2) is 5.65 Å². The number of phenolic OH excluding ortho intramolecular Hbond substituents is 1. The lowest BCUT2D eigenvalue weighted by Crippen LogP contribution is -2.02. The summed E-state index contributed by atoms with van der Waals surface area (Å²) >= 11 is 0. The molecule has 84 valence electrons. The average Bonchev–Trinajstić information content (AvgIpc) is 2.76. The van der Waals surface area contributed by atoms with Crippen LogP contribution in [0.25, 0.3) is 11.2 Å². The van der Waals surface area contributed by atoms with E-state index in [2.05, 4.69) is 15.3 Å². The lowest BCUT2D eigenvalue weighted by Gasteiger charge is -2.01. The first-order valence-corrected chi connectivity index (χ1v) is 5.25. The molecule has 0 fully saturated rings. The van der Waals surface area contributed by atoms with Gasteiger partial charge < -0.3 is 5.11 Å². The van der Waals surface area contributed by atoms with E-state index in [9.17, 15) is 5.11 Å². The van der Waals surface area contributed by atoms with Gasteiger partial charge in [0.1, 0.15) is 11.3 Å². The fraction of sp³-hybridized carbons (Fsp3) is 0.0833. The van der Waals surface area contributed by atoms with Gasteiger partial charge in [0.25, 0.3) is 0 Å². The Morgan fingerprint density at radius 1 is 1.12 bits per heavy atom. The Morgan fingerprint density at radius 3 is 2.76 bits per heavy atom. The van der Waals surface area contributed by atoms with E-state index in [4.69, 9.17) is 0 Å². The molecule has 17 heavy (non-hydrogen) atoms. The molecule has 1 N–H and O–H groups in total. The van der Waals surface area contributed by atoms with E-state index >= 15 is 0 Å². The fourth-order valence-corrected chi connectivity index (χ4v) is 1.69. The van der Waals surface area contributed by atoms with Crippen LogP contribution in [0.15, 0.2) is 42.6 Å². The van der Waals surface area contributed by atoms with E-state index in [1.165, 1.54) is 0 Å². The summed E-state index contributed by atoms with van der Waals surface area (Å²) in [6.07, 6.45) is 1.72. The second-order valence-corrected chi connectivity index (χ2v) is 3.76. The zero-order valence-corrected chi connectivity index (χ0v) is 8.98. The largest absolute Gasteiger partial charge is 0.508 e. The number of hydrogen-bond donors (Lipinski definition) is 1. The lowest BCUT2D eigenvalue weighted by atomic mass is 10.2. The number of phenols is 1. The molecule has 0 spiro atoms. The summed E-state index contributed by atoms with van der Waals surface area (Å²) in [5.41, 5.74) is 2.59. The van der Waals surface area contributed by atoms with Crippen LogP contribution in [0.5, 0.6) is 5.75 Å². The summed E-state index contributed by atoms with van der Waals surface area (Å²) in [4.78, 5) is 4.24. The molecule has 0 aliphatic carbocycles. The SMILES string of the molecule is Oc1ccc(Cn2nnc3cccnc32)cc1. The molecule has 0 saturated carbocycles. The Kier molecular flexibility index (Phi) is 2.22. The molecule has 5 heteroatoms. The third-order valence-corrected chi connectivity index (χ3v) is 2.54. The standard InChI is InChI=1S/C12H10N4O/c17-10-5-3-9(4-6-10)8-16-12-11(14-15-16)2-1-7-13-12/h1-7,17H,8H2. The molecule has 0 radical (unpaired) electrons. The summed E-state index contributed by atoms with van der Waals surface area (Å²) in [7, 11) is 0. The average molecular weight is 226 g/mol. The third-order valence-electron chi connectivity index (χ3n) is 2.54. The normalized spacial score (nSPS) is 10.8. The van der Waals surface area contributed by atoms with E-state index in [0.29, 0.717) is 6.54 Å². The van der Waals surface area contributed by atoms with Crippen LogP contribution in [0.1, 0.15) is 5.56 Å². The molecule has 0 bridgehead atoms. The number of fused-ring (bicyclic) bond motifs is 1. The number of nitrogens with zero attached hydrogens (tertiary/aromatic N) is 4. The van der Waals surface area contributed by atoms with Crippen LogP contribution in [0.4, 0.5) is 0 Å². The highest BCUT2D eigenvalue weighted by atomic mass is 16.3. The molecule has 0 amide bonds. The first kappa shape index (κ1) is 9.77. The number of pyridine rings is 1. The van der Waals surface area contributed by atoms with Gasteiger partial charge in [-0.3, -0.25) is 0 Å². The molecular weight excluding hydrogens is 216 g/mol. The maximum Gasteiger partial charge on any atom is 0.178 e. The minimum Gasteiger partial charge on any atom is -0.508 e. The molecule has 2 heterocycles. The second kappa shape index (κ2) is 3.86. The van der Waals surface area contributed by atoms with Gasteiger partial charge >= 0.3 is 0 Å². The summed E-state index contributed by atoms with van der Waals surface area (Å²) in [6.45, 7) is 0.591. The van der Waals surface area contributed by atoms with Crippen LogP contribution >= 0.6 is 0 Å². The highest BCUT2D eigenvalue weighted by Gasteiger charge is 2.05. The van der Waals surface area contributed by atoms with Crippen molar-refractivity contribution in [2.75, 3.05) is 0 Å². The van der Waals surface area contributed by atoms with Crippen molar-refractivity contribution in [2.45, 2.75) is 6.54 Å². The van der Waals surface area contributed by atoms with E-state index in [1.54, 1.807) is 23.0 Å². The zero-order chi connectivity index (χ0) is 11.7. The van der Waals surface area contributed by atoms with Crippen molar-refractivity contribution in [1.82, 2.24) is 20.0 Å². The van der Waals surface area contributed by atoms with E-state index < -0.39 is 0 Å². The van der Waals surface area contributed by atoms with Gasteiger partial charge in [-0.25, -0.2) is 9.67 Å². The van der Waals surface area contributed by atoms with Crippen molar-refractivity contribution in [3.05, 3.63) is 48.2 Å². The van der Waals surface area contributed by atoms with Gasteiger partial charge in [0.2, 0.25) is 0 Å². The van der Waals surface area contributed by atoms with Gasteiger partial charge in [0, 0.05) is 6.20 Å². The summed E-state index contributed by atoms with van der Waals surface area (Å²) in [5.74, 6) is 0.260. The van der Waals surface area contributed by atoms with Crippen molar-refractivity contribution in [1.29, 1.82) is 0 Å². The Morgan fingerprint density at radius 2 is 1.94 bits per heavy atom. The number of aromatic nitrogens is 4. The Hall–Kier alpha value is -2.43. The molecule has 3 aromatic rings. The quantitative estimate of drug-likeness (QED) is 0.720. The van der Waals surface area contributed by atoms with Crippen molar-refractivity contribution < 1.29 is 5.11 Å². The van der Waals surface area contributed by atoms with Crippen LogP contribution in [0, 0.1) is 0 Å². The van der Waals surface area contributed by atoms with Gasteiger partial charge in [-0.15, -0.1) is 5.10 Å². The molecule has 0 unspecified atom stereocenters. The van der Waals surface area contributed by atoms with Gasteiger partial charge in [-0.1, -0.05) is 17.3 Å². The maximum atomic E-state index is 9.21. The van der Waals surface area contributed by atoms with Crippen molar-refractivity contribution in [3.63, 3.8) is 0 Å². The zero-order valence-electron chi connectivity index (χ0n) is 8.98. The number of aromatic hydroxyl groups is 1. The Balaban J connectivity index is 1.97. The van der Waals surface area contributed by atoms with Crippen molar-refractivity contribution in [3.8, 4) is 5.75 Å². The van der Waals surface area contributed by atoms with Crippen LogP contribution in [0.2, 0.25) is 0 Å². The molecule has 3 rings (SSSR count). The van der Waals surface area contributed by atoms with E-state index in [-0.39, 0.29) is 5.75 Å². The molecule has 2 aromatic heterocycles. The van der Waals surface area contributed by atoms with Crippen LogP contribution < -0.4 is 0 Å². The monoisotopic (exact) mass is 226 g/mol. The topological polar surface area (TPSA) is 63.8 Å². The van der Waals surface area contributed by atoms with Crippen LogP contribution in [-0.2, 0) is 6.54 Å². The number of benzene rings is 1. The molecule has 5 nitrogen and oxygen atoms in total. The van der Waals surface area contributed by atoms with E-state index in [0.717, 1.165) is 16.7 Å². The highest BCUT2D eigenvalue weighted by Crippen LogP contribution is 2.12. The molecular formula is C12H10N4O. The highest BCUT2D eigenvalue weighted by molar-refractivity contribution is 5.68. The van der Waals surface area contributed by atoms with Gasteiger partial charge in [-0.2, -0.15) is 0 Å². The number of hydrogen-bond acceptors (Lipinski definition) is 4. The smallest absolute Gasteiger partial charge is 0.178 e. The minimum atomic E-state index is 0.260. The van der Waals surface area contributed by atoms with E-state index in [1.807, 2.05) is 24.3 Å². The second-order valence-electron chi connectivity index (χ2n) is 3.76. The van der Waals surface area contributed by atoms with Gasteiger partial charge in [0.05, 0.1) is 6.54 Å². The molecule has 0 saturated heterocycles. The van der Waals surface area contributed by atoms with Crippen LogP contribution in [0.3, 0.4) is 0 Å². The molecule has 0 atom stereocenters. The number of rotatable bonds is 2. The van der Waals surface area contributed by atoms with Crippen LogP contribution in [-0.4, -0.2) is 25.1 Å². The van der Waals surface area contributed by atoms with Crippen molar-refractivity contribution in [2.24, 2.45) is 0 Å². The predicted molar refractivity (Wildman–Crippen MR) is 62.5 cm³/mol. The fourth-order valence-electron chi connectivity index (χ4n) is 1.69. The lowest BCUT2D eigenvalue weighted by molar-refractivity contribution is 0.475. The summed E-state index contributed by atoms with van der Waals surface area (Å²) in [6, 6.07) is 10.7. The van der Waals surface area contributed by atoms with Gasteiger partial charge in [-0.05, 0) is 29.8 Å². The first-order valence-electron chi connectivity index (χ1n) is 5.25. The Labute approximate surface area is 97.3 Å². The molecule has 1 aromatic carbocycles. The molecule has 0 aliphatic rings. The Bertz CT molecular complexity index is 645.